The first-order chi connectivity index (χ1) is 19.9. The largest absolute Gasteiger partial charge is 0.507 e. The van der Waals surface area contributed by atoms with Crippen molar-refractivity contribution in [3.05, 3.63) is 57.6 Å². The van der Waals surface area contributed by atoms with E-state index in [1.165, 1.54) is 107 Å². The normalized spacial score (nSPS) is 14.3. The zero-order chi connectivity index (χ0) is 29.5. The van der Waals surface area contributed by atoms with Crippen LogP contribution >= 0.6 is 0 Å². The first-order valence-electron chi connectivity index (χ1n) is 17.3. The quantitative estimate of drug-likeness (QED) is 0.167. The molecule has 2 aromatic carbocycles. The van der Waals surface area contributed by atoms with Gasteiger partial charge in [0.2, 0.25) is 0 Å². The number of unbranched alkanes of at least 4 members (excludes halogenated alkanes) is 10. The summed E-state index contributed by atoms with van der Waals surface area (Å²) >= 11 is 0. The molecule has 0 bridgehead atoms. The van der Waals surface area contributed by atoms with E-state index in [2.05, 4.69) is 56.9 Å². The molecule has 230 valence electrons. The van der Waals surface area contributed by atoms with Crippen molar-refractivity contribution in [1.29, 1.82) is 0 Å². The summed E-state index contributed by atoms with van der Waals surface area (Å²) in [6, 6.07) is 9.26. The summed E-state index contributed by atoms with van der Waals surface area (Å²) in [6.07, 6.45) is 23.4. The molecule has 1 fully saturated rings. The molecule has 0 heterocycles. The molecule has 0 spiro atoms. The van der Waals surface area contributed by atoms with Crippen LogP contribution in [0.4, 0.5) is 0 Å². The fraction of sp³-hybridized carbons (Fsp3) is 0.684. The molecule has 41 heavy (non-hydrogen) atoms. The van der Waals surface area contributed by atoms with Crippen molar-refractivity contribution in [1.82, 2.24) is 4.90 Å². The van der Waals surface area contributed by atoms with Crippen molar-refractivity contribution >= 4 is 0 Å². The number of phenols is 2. The number of nitrogens with zero attached hydrogens (tertiary/aromatic N) is 1. The van der Waals surface area contributed by atoms with Crippen LogP contribution in [0, 0.1) is 13.8 Å². The Hall–Kier alpha value is -2.00. The lowest BCUT2D eigenvalue weighted by Crippen LogP contribution is -2.36. The topological polar surface area (TPSA) is 43.7 Å². The maximum absolute atomic E-state index is 11.4. The fourth-order valence-corrected chi connectivity index (χ4v) is 6.88. The second kappa shape index (κ2) is 18.5. The Bertz CT molecular complexity index is 950. The molecule has 0 aliphatic heterocycles. The predicted molar refractivity (Wildman–Crippen MR) is 176 cm³/mol. The van der Waals surface area contributed by atoms with Crippen molar-refractivity contribution in [3.63, 3.8) is 0 Å². The third-order valence-electron chi connectivity index (χ3n) is 9.26. The zero-order valence-corrected chi connectivity index (χ0v) is 27.1. The minimum Gasteiger partial charge on any atom is -0.507 e. The highest BCUT2D eigenvalue weighted by atomic mass is 16.3. The maximum atomic E-state index is 11.4. The first-order valence-corrected chi connectivity index (χ1v) is 17.3. The van der Waals surface area contributed by atoms with Crippen LogP contribution < -0.4 is 0 Å². The molecule has 1 saturated carbocycles. The summed E-state index contributed by atoms with van der Waals surface area (Å²) in [7, 11) is 0. The molecule has 0 radical (unpaired) electrons. The zero-order valence-electron chi connectivity index (χ0n) is 27.1. The third-order valence-corrected chi connectivity index (χ3v) is 9.26. The highest BCUT2D eigenvalue weighted by Gasteiger charge is 2.24. The third kappa shape index (κ3) is 11.3. The van der Waals surface area contributed by atoms with Gasteiger partial charge < -0.3 is 10.2 Å². The molecule has 0 saturated heterocycles. The smallest absolute Gasteiger partial charge is 0.123 e. The molecule has 1 aliphatic carbocycles. The van der Waals surface area contributed by atoms with Gasteiger partial charge in [-0.2, -0.15) is 0 Å². The van der Waals surface area contributed by atoms with Crippen LogP contribution in [-0.4, -0.2) is 21.2 Å². The number of aromatic hydroxyl groups is 2. The second-order valence-electron chi connectivity index (χ2n) is 13.1. The molecule has 0 amide bonds. The first kappa shape index (κ1) is 33.5. The molecular formula is C38H61NO2. The van der Waals surface area contributed by atoms with Crippen LogP contribution in [0.3, 0.4) is 0 Å². The SMILES string of the molecule is CCCCCCCCc1cc(C)cc(CN(Cc2cc(C)cc(CCCCCCCC)c2O)C2CCCCC2)c1O. The van der Waals surface area contributed by atoms with E-state index in [0.717, 1.165) is 61.0 Å². The van der Waals surface area contributed by atoms with E-state index >= 15 is 0 Å². The number of hydrogen-bond donors (Lipinski definition) is 2. The Balaban J connectivity index is 1.74. The Kier molecular flexibility index (Phi) is 15.1. The van der Waals surface area contributed by atoms with Gasteiger partial charge in [-0.25, -0.2) is 0 Å². The molecule has 2 aromatic rings. The van der Waals surface area contributed by atoms with E-state index in [1.54, 1.807) is 0 Å². The highest BCUT2D eigenvalue weighted by molar-refractivity contribution is 5.45. The fourth-order valence-electron chi connectivity index (χ4n) is 6.88. The van der Waals surface area contributed by atoms with Crippen molar-refractivity contribution in [2.24, 2.45) is 0 Å². The van der Waals surface area contributed by atoms with Gasteiger partial charge in [0.1, 0.15) is 11.5 Å². The summed E-state index contributed by atoms with van der Waals surface area (Å²) in [6.45, 7) is 10.3. The monoisotopic (exact) mass is 563 g/mol. The lowest BCUT2D eigenvalue weighted by atomic mass is 9.92. The van der Waals surface area contributed by atoms with Crippen LogP contribution in [0.5, 0.6) is 11.5 Å². The Morgan fingerprint density at radius 2 is 0.951 bits per heavy atom. The summed E-state index contributed by atoms with van der Waals surface area (Å²) in [4.78, 5) is 2.56. The summed E-state index contributed by atoms with van der Waals surface area (Å²) in [5.41, 5.74) is 6.80. The van der Waals surface area contributed by atoms with E-state index in [4.69, 9.17) is 0 Å². The van der Waals surface area contributed by atoms with Gasteiger partial charge in [0.25, 0.3) is 0 Å². The average Bonchev–Trinajstić information content (AvgIpc) is 2.97. The predicted octanol–water partition coefficient (Wildman–Crippen LogP) is 10.9. The van der Waals surface area contributed by atoms with Crippen LogP contribution in [0.15, 0.2) is 24.3 Å². The molecule has 3 heteroatoms. The number of phenolic OH excluding ortho intramolecular Hbond substituents is 2. The molecule has 3 rings (SSSR count). The van der Waals surface area contributed by atoms with E-state index in [0.29, 0.717) is 17.5 Å². The molecule has 3 nitrogen and oxygen atoms in total. The minimum absolute atomic E-state index is 0.493. The maximum Gasteiger partial charge on any atom is 0.123 e. The van der Waals surface area contributed by atoms with Gasteiger partial charge in [-0.1, -0.05) is 133 Å². The molecular weight excluding hydrogens is 502 g/mol. The van der Waals surface area contributed by atoms with Crippen molar-refractivity contribution in [2.75, 3.05) is 0 Å². The summed E-state index contributed by atoms with van der Waals surface area (Å²) < 4.78 is 0. The van der Waals surface area contributed by atoms with Gasteiger partial charge in [-0.05, 0) is 63.5 Å². The standard InChI is InChI=1S/C38H61NO2/c1-5-7-9-11-13-16-20-32-24-30(3)26-34(37(32)40)28-39(36-22-18-15-19-23-36)29-35-27-31(4)25-33(38(35)41)21-17-14-12-10-8-6-2/h24-27,36,40-41H,5-23,28-29H2,1-4H3. The summed E-state index contributed by atoms with van der Waals surface area (Å²) in [5.74, 6) is 1.00. The van der Waals surface area contributed by atoms with Crippen molar-refractivity contribution in [3.8, 4) is 11.5 Å². The molecule has 2 N–H and O–H groups in total. The lowest BCUT2D eigenvalue weighted by molar-refractivity contribution is 0.137. The van der Waals surface area contributed by atoms with E-state index in [1.807, 2.05) is 0 Å². The Morgan fingerprint density at radius 1 is 0.561 bits per heavy atom. The molecule has 0 aromatic heterocycles. The van der Waals surface area contributed by atoms with Gasteiger partial charge in [0.15, 0.2) is 0 Å². The van der Waals surface area contributed by atoms with Crippen LogP contribution in [0.25, 0.3) is 0 Å². The molecule has 1 aliphatic rings. The lowest BCUT2D eigenvalue weighted by Gasteiger charge is -2.35. The Labute approximate surface area is 252 Å². The average molecular weight is 564 g/mol. The number of benzene rings is 2. The van der Waals surface area contributed by atoms with E-state index in [-0.39, 0.29) is 0 Å². The highest BCUT2D eigenvalue weighted by Crippen LogP contribution is 2.34. The van der Waals surface area contributed by atoms with Gasteiger partial charge >= 0.3 is 0 Å². The van der Waals surface area contributed by atoms with E-state index < -0.39 is 0 Å². The molecule has 0 unspecified atom stereocenters. The van der Waals surface area contributed by atoms with Gasteiger partial charge in [0.05, 0.1) is 0 Å². The van der Waals surface area contributed by atoms with Gasteiger partial charge in [0, 0.05) is 30.3 Å². The van der Waals surface area contributed by atoms with Crippen molar-refractivity contribution in [2.45, 2.75) is 169 Å². The number of rotatable bonds is 19. The molecule has 0 atom stereocenters. The number of hydrogen-bond acceptors (Lipinski definition) is 3. The van der Waals surface area contributed by atoms with Crippen LogP contribution in [0.2, 0.25) is 0 Å². The summed E-state index contributed by atoms with van der Waals surface area (Å²) in [5, 5.41) is 22.8. The Morgan fingerprint density at radius 3 is 1.39 bits per heavy atom. The van der Waals surface area contributed by atoms with Gasteiger partial charge in [-0.15, -0.1) is 0 Å². The minimum atomic E-state index is 0.493. The van der Waals surface area contributed by atoms with Crippen LogP contribution in [0.1, 0.15) is 156 Å². The van der Waals surface area contributed by atoms with E-state index in [9.17, 15) is 10.2 Å². The van der Waals surface area contributed by atoms with Crippen molar-refractivity contribution < 1.29 is 10.2 Å². The van der Waals surface area contributed by atoms with Gasteiger partial charge in [-0.3, -0.25) is 4.90 Å². The van der Waals surface area contributed by atoms with Crippen LogP contribution in [-0.2, 0) is 25.9 Å². The number of aryl methyl sites for hydroxylation is 4. The second-order valence-corrected chi connectivity index (χ2v) is 13.1.